The molecule has 2 rings (SSSR count). The SMILES string of the molecule is Nc1c(Br)ccc2c1CCC2. The molecule has 0 atom stereocenters. The number of aryl methyl sites for hydroxylation is 1. The van der Waals surface area contributed by atoms with Crippen LogP contribution in [-0.4, -0.2) is 0 Å². The number of hydrogen-bond acceptors (Lipinski definition) is 1. The topological polar surface area (TPSA) is 26.0 Å². The van der Waals surface area contributed by atoms with Gasteiger partial charge in [0.1, 0.15) is 0 Å². The van der Waals surface area contributed by atoms with Crippen LogP contribution in [0.25, 0.3) is 0 Å². The predicted molar refractivity (Wildman–Crippen MR) is 50.6 cm³/mol. The van der Waals surface area contributed by atoms with Gasteiger partial charge >= 0.3 is 0 Å². The Kier molecular flexibility index (Phi) is 1.64. The smallest absolute Gasteiger partial charge is 0.0493 e. The minimum absolute atomic E-state index is 0.944. The average Bonchev–Trinajstić information content (AvgIpc) is 2.45. The van der Waals surface area contributed by atoms with Gasteiger partial charge in [-0.25, -0.2) is 0 Å². The van der Waals surface area contributed by atoms with Crippen molar-refractivity contribution < 1.29 is 0 Å². The molecule has 2 heteroatoms. The Bertz CT molecular complexity index is 294. The molecule has 0 bridgehead atoms. The number of nitrogens with two attached hydrogens (primary N) is 1. The van der Waals surface area contributed by atoms with Crippen molar-refractivity contribution >= 4 is 21.6 Å². The van der Waals surface area contributed by atoms with Crippen LogP contribution in [0.2, 0.25) is 0 Å². The summed E-state index contributed by atoms with van der Waals surface area (Å²) in [7, 11) is 0. The van der Waals surface area contributed by atoms with Crippen molar-refractivity contribution in [2.75, 3.05) is 5.73 Å². The van der Waals surface area contributed by atoms with Crippen molar-refractivity contribution in [3.8, 4) is 0 Å². The molecule has 0 spiro atoms. The van der Waals surface area contributed by atoms with E-state index in [1.807, 2.05) is 6.07 Å². The Labute approximate surface area is 74.7 Å². The molecule has 11 heavy (non-hydrogen) atoms. The van der Waals surface area contributed by atoms with E-state index in [-0.39, 0.29) is 0 Å². The normalized spacial score (nSPS) is 15.0. The fourth-order valence-electron chi connectivity index (χ4n) is 1.67. The first-order chi connectivity index (χ1) is 5.29. The van der Waals surface area contributed by atoms with Crippen LogP contribution in [0.4, 0.5) is 5.69 Å². The molecule has 0 saturated heterocycles. The van der Waals surface area contributed by atoms with E-state index >= 15 is 0 Å². The minimum atomic E-state index is 0.944. The molecule has 1 aliphatic rings. The van der Waals surface area contributed by atoms with Gasteiger partial charge in [0.25, 0.3) is 0 Å². The summed E-state index contributed by atoms with van der Waals surface area (Å²) < 4.78 is 1.04. The predicted octanol–water partition coefficient (Wildman–Crippen LogP) is 2.52. The zero-order valence-electron chi connectivity index (χ0n) is 6.23. The number of hydrogen-bond donors (Lipinski definition) is 1. The van der Waals surface area contributed by atoms with Crippen molar-refractivity contribution in [3.63, 3.8) is 0 Å². The molecule has 1 aliphatic carbocycles. The van der Waals surface area contributed by atoms with Crippen LogP contribution in [0.5, 0.6) is 0 Å². The monoisotopic (exact) mass is 211 g/mol. The second-order valence-corrected chi connectivity index (χ2v) is 3.81. The van der Waals surface area contributed by atoms with Gasteiger partial charge in [0.2, 0.25) is 0 Å². The molecular weight excluding hydrogens is 202 g/mol. The van der Waals surface area contributed by atoms with Crippen LogP contribution >= 0.6 is 15.9 Å². The highest BCUT2D eigenvalue weighted by Gasteiger charge is 2.14. The number of anilines is 1. The summed E-state index contributed by atoms with van der Waals surface area (Å²) in [5.41, 5.74) is 9.63. The lowest BCUT2D eigenvalue weighted by Crippen LogP contribution is -1.93. The number of nitrogen functional groups attached to an aromatic ring is 1. The second-order valence-electron chi connectivity index (χ2n) is 2.95. The molecule has 1 nitrogen and oxygen atoms in total. The molecule has 2 N–H and O–H groups in total. The highest BCUT2D eigenvalue weighted by Crippen LogP contribution is 2.32. The Hall–Kier alpha value is -0.500. The highest BCUT2D eigenvalue weighted by atomic mass is 79.9. The van der Waals surface area contributed by atoms with Crippen LogP contribution in [0, 0.1) is 0 Å². The molecule has 0 aromatic heterocycles. The molecule has 1 aromatic rings. The number of rotatable bonds is 0. The first-order valence-corrected chi connectivity index (χ1v) is 4.64. The van der Waals surface area contributed by atoms with Gasteiger partial charge < -0.3 is 5.73 Å². The third kappa shape index (κ3) is 1.06. The molecule has 0 heterocycles. The maximum atomic E-state index is 5.89. The van der Waals surface area contributed by atoms with E-state index in [4.69, 9.17) is 5.73 Å². The van der Waals surface area contributed by atoms with Crippen LogP contribution in [0.1, 0.15) is 17.5 Å². The van der Waals surface area contributed by atoms with Crippen LogP contribution < -0.4 is 5.73 Å². The summed E-state index contributed by atoms with van der Waals surface area (Å²) in [5.74, 6) is 0. The molecule has 58 valence electrons. The van der Waals surface area contributed by atoms with Gasteiger partial charge in [-0.05, 0) is 52.4 Å². The van der Waals surface area contributed by atoms with E-state index in [1.54, 1.807) is 0 Å². The first kappa shape index (κ1) is 7.17. The number of fused-ring (bicyclic) bond motifs is 1. The van der Waals surface area contributed by atoms with Crippen LogP contribution in [0.3, 0.4) is 0 Å². The Morgan fingerprint density at radius 3 is 2.91 bits per heavy atom. The van der Waals surface area contributed by atoms with Crippen molar-refractivity contribution in [2.24, 2.45) is 0 Å². The van der Waals surface area contributed by atoms with E-state index in [1.165, 1.54) is 24.0 Å². The standard InChI is InChI=1S/C9H10BrN/c10-8-5-4-6-2-1-3-7(6)9(8)11/h4-5H,1-3,11H2. The van der Waals surface area contributed by atoms with Gasteiger partial charge in [-0.1, -0.05) is 6.07 Å². The molecule has 0 saturated carbocycles. The van der Waals surface area contributed by atoms with E-state index in [0.717, 1.165) is 16.6 Å². The van der Waals surface area contributed by atoms with E-state index in [9.17, 15) is 0 Å². The Balaban J connectivity index is 2.62. The fourth-order valence-corrected chi connectivity index (χ4v) is 2.04. The third-order valence-corrected chi connectivity index (χ3v) is 2.97. The van der Waals surface area contributed by atoms with Crippen molar-refractivity contribution in [3.05, 3.63) is 27.7 Å². The van der Waals surface area contributed by atoms with Gasteiger partial charge in [0.05, 0.1) is 0 Å². The molecular formula is C9H10BrN. The Morgan fingerprint density at radius 2 is 2.09 bits per heavy atom. The van der Waals surface area contributed by atoms with Crippen LogP contribution in [-0.2, 0) is 12.8 Å². The van der Waals surface area contributed by atoms with Crippen molar-refractivity contribution in [1.82, 2.24) is 0 Å². The summed E-state index contributed by atoms with van der Waals surface area (Å²) in [6.07, 6.45) is 3.61. The first-order valence-electron chi connectivity index (χ1n) is 3.85. The zero-order chi connectivity index (χ0) is 7.84. The largest absolute Gasteiger partial charge is 0.398 e. The molecule has 0 unspecified atom stereocenters. The fraction of sp³-hybridized carbons (Fsp3) is 0.333. The second kappa shape index (κ2) is 2.52. The molecule has 1 aromatic carbocycles. The van der Waals surface area contributed by atoms with Gasteiger partial charge in [-0.2, -0.15) is 0 Å². The highest BCUT2D eigenvalue weighted by molar-refractivity contribution is 9.10. The minimum Gasteiger partial charge on any atom is -0.398 e. The van der Waals surface area contributed by atoms with Gasteiger partial charge in [-0.15, -0.1) is 0 Å². The van der Waals surface area contributed by atoms with Gasteiger partial charge in [-0.3, -0.25) is 0 Å². The molecule has 0 amide bonds. The van der Waals surface area contributed by atoms with E-state index in [0.29, 0.717) is 0 Å². The quantitative estimate of drug-likeness (QED) is 0.657. The van der Waals surface area contributed by atoms with Crippen LogP contribution in [0.15, 0.2) is 16.6 Å². The third-order valence-electron chi connectivity index (χ3n) is 2.27. The van der Waals surface area contributed by atoms with E-state index in [2.05, 4.69) is 22.0 Å². The summed E-state index contributed by atoms with van der Waals surface area (Å²) in [4.78, 5) is 0. The Morgan fingerprint density at radius 1 is 1.27 bits per heavy atom. The van der Waals surface area contributed by atoms with Crippen molar-refractivity contribution in [1.29, 1.82) is 0 Å². The lowest BCUT2D eigenvalue weighted by Gasteiger charge is -2.04. The number of benzene rings is 1. The maximum absolute atomic E-state index is 5.89. The van der Waals surface area contributed by atoms with Gasteiger partial charge in [0.15, 0.2) is 0 Å². The molecule has 0 aliphatic heterocycles. The van der Waals surface area contributed by atoms with Gasteiger partial charge in [0, 0.05) is 10.2 Å². The average molecular weight is 212 g/mol. The summed E-state index contributed by atoms with van der Waals surface area (Å²) >= 11 is 3.42. The molecule has 0 fully saturated rings. The maximum Gasteiger partial charge on any atom is 0.0493 e. The summed E-state index contributed by atoms with van der Waals surface area (Å²) in [6.45, 7) is 0. The zero-order valence-corrected chi connectivity index (χ0v) is 7.82. The lowest BCUT2D eigenvalue weighted by molar-refractivity contribution is 0.912. The number of halogens is 1. The summed E-state index contributed by atoms with van der Waals surface area (Å²) in [6, 6.07) is 4.21. The summed E-state index contributed by atoms with van der Waals surface area (Å²) in [5, 5.41) is 0. The lowest BCUT2D eigenvalue weighted by atomic mass is 10.1. The van der Waals surface area contributed by atoms with E-state index < -0.39 is 0 Å². The molecule has 0 radical (unpaired) electrons. The van der Waals surface area contributed by atoms with Crippen molar-refractivity contribution in [2.45, 2.75) is 19.3 Å².